The predicted molar refractivity (Wildman–Crippen MR) is 52.5 cm³/mol. The summed E-state index contributed by atoms with van der Waals surface area (Å²) < 4.78 is 0. The highest BCUT2D eigenvalue weighted by molar-refractivity contribution is 5.67. The van der Waals surface area contributed by atoms with Gasteiger partial charge in [-0.2, -0.15) is 0 Å². The quantitative estimate of drug-likeness (QED) is 0.713. The molecule has 1 fully saturated rings. The molecule has 0 radical (unpaired) electrons. The van der Waals surface area contributed by atoms with Crippen LogP contribution >= 0.6 is 0 Å². The first kappa shape index (κ1) is 10.6. The van der Waals surface area contributed by atoms with E-state index in [1.165, 1.54) is 12.8 Å². The second-order valence-electron chi connectivity index (χ2n) is 5.25. The maximum atomic E-state index is 10.6. The van der Waals surface area contributed by atoms with Gasteiger partial charge in [-0.1, -0.05) is 20.8 Å². The first-order valence-corrected chi connectivity index (χ1v) is 5.12. The third-order valence-corrected chi connectivity index (χ3v) is 2.93. The van der Waals surface area contributed by atoms with Gasteiger partial charge in [0.05, 0.1) is 6.42 Å². The summed E-state index contributed by atoms with van der Waals surface area (Å²) in [5.74, 6) is 0.912. The lowest BCUT2D eigenvalue weighted by molar-refractivity contribution is -0.139. The Labute approximate surface area is 80.3 Å². The molecule has 0 aromatic rings. The Kier molecular flexibility index (Phi) is 2.99. The summed E-state index contributed by atoms with van der Waals surface area (Å²) in [5, 5.41) is 8.72. The fourth-order valence-corrected chi connectivity index (χ4v) is 2.19. The molecular formula is C11H20O2. The van der Waals surface area contributed by atoms with E-state index >= 15 is 0 Å². The molecule has 1 saturated carbocycles. The maximum absolute atomic E-state index is 10.6. The SMILES string of the molecule is CC(CC(C)(C)CC(=O)O)C1CC1. The van der Waals surface area contributed by atoms with Gasteiger partial charge in [0.15, 0.2) is 0 Å². The van der Waals surface area contributed by atoms with E-state index in [1.54, 1.807) is 0 Å². The predicted octanol–water partition coefficient (Wildman–Crippen LogP) is 2.92. The largest absolute Gasteiger partial charge is 0.481 e. The molecule has 1 N–H and O–H groups in total. The van der Waals surface area contributed by atoms with Crippen LogP contribution in [0.5, 0.6) is 0 Å². The summed E-state index contributed by atoms with van der Waals surface area (Å²) in [6, 6.07) is 0. The van der Waals surface area contributed by atoms with Gasteiger partial charge in [0, 0.05) is 0 Å². The average molecular weight is 184 g/mol. The molecule has 0 bridgehead atoms. The standard InChI is InChI=1S/C11H20O2/c1-8(9-4-5-9)6-11(2,3)7-10(12)13/h8-9H,4-7H2,1-3H3,(H,12,13). The van der Waals surface area contributed by atoms with Crippen molar-refractivity contribution in [2.24, 2.45) is 17.3 Å². The lowest BCUT2D eigenvalue weighted by Crippen LogP contribution is -2.20. The Morgan fingerprint density at radius 2 is 2.08 bits per heavy atom. The van der Waals surface area contributed by atoms with Crippen LogP contribution in [0.1, 0.15) is 46.5 Å². The van der Waals surface area contributed by atoms with Crippen molar-refractivity contribution in [3.05, 3.63) is 0 Å². The third kappa shape index (κ3) is 3.79. The Morgan fingerprint density at radius 1 is 1.54 bits per heavy atom. The van der Waals surface area contributed by atoms with E-state index in [-0.39, 0.29) is 5.41 Å². The van der Waals surface area contributed by atoms with Crippen molar-refractivity contribution in [2.75, 3.05) is 0 Å². The molecule has 0 amide bonds. The zero-order valence-electron chi connectivity index (χ0n) is 8.84. The second-order valence-corrected chi connectivity index (χ2v) is 5.25. The summed E-state index contributed by atoms with van der Waals surface area (Å²) in [6.07, 6.45) is 4.04. The van der Waals surface area contributed by atoms with Gasteiger partial charge in [0.1, 0.15) is 0 Å². The highest BCUT2D eigenvalue weighted by atomic mass is 16.4. The van der Waals surface area contributed by atoms with E-state index in [1.807, 2.05) is 0 Å². The molecule has 0 spiro atoms. The van der Waals surface area contributed by atoms with Gasteiger partial charge in [0.2, 0.25) is 0 Å². The van der Waals surface area contributed by atoms with Gasteiger partial charge in [-0.25, -0.2) is 0 Å². The molecule has 0 aliphatic heterocycles. The van der Waals surface area contributed by atoms with Crippen LogP contribution in [0.2, 0.25) is 0 Å². The molecule has 0 aromatic heterocycles. The number of carboxylic acid groups (broad SMARTS) is 1. The number of aliphatic carboxylic acids is 1. The molecule has 1 aliphatic rings. The van der Waals surface area contributed by atoms with Crippen LogP contribution in [0.15, 0.2) is 0 Å². The van der Waals surface area contributed by atoms with Crippen molar-refractivity contribution < 1.29 is 9.90 Å². The zero-order chi connectivity index (χ0) is 10.1. The summed E-state index contributed by atoms with van der Waals surface area (Å²) in [6.45, 7) is 6.36. The van der Waals surface area contributed by atoms with E-state index < -0.39 is 5.97 Å². The van der Waals surface area contributed by atoms with Crippen LogP contribution in [0, 0.1) is 17.3 Å². The van der Waals surface area contributed by atoms with Crippen LogP contribution in [0.4, 0.5) is 0 Å². The second kappa shape index (κ2) is 3.69. The minimum absolute atomic E-state index is 0.0339. The number of carbonyl (C=O) groups is 1. The number of hydrogen-bond acceptors (Lipinski definition) is 1. The van der Waals surface area contributed by atoms with Gasteiger partial charge in [-0.3, -0.25) is 4.79 Å². The fraction of sp³-hybridized carbons (Fsp3) is 0.909. The fourth-order valence-electron chi connectivity index (χ4n) is 2.19. The topological polar surface area (TPSA) is 37.3 Å². The Bertz CT molecular complexity index is 192. The van der Waals surface area contributed by atoms with Gasteiger partial charge >= 0.3 is 5.97 Å². The summed E-state index contributed by atoms with van der Waals surface area (Å²) in [5.41, 5.74) is -0.0339. The zero-order valence-corrected chi connectivity index (χ0v) is 8.84. The van der Waals surface area contributed by atoms with E-state index in [2.05, 4.69) is 20.8 Å². The first-order valence-electron chi connectivity index (χ1n) is 5.12. The normalized spacial score (nSPS) is 19.9. The lowest BCUT2D eigenvalue weighted by atomic mass is 9.79. The maximum Gasteiger partial charge on any atom is 0.303 e. The van der Waals surface area contributed by atoms with Gasteiger partial charge in [0.25, 0.3) is 0 Å². The minimum Gasteiger partial charge on any atom is -0.481 e. The summed E-state index contributed by atoms with van der Waals surface area (Å²) >= 11 is 0. The minimum atomic E-state index is -0.673. The molecule has 1 aliphatic carbocycles. The van der Waals surface area contributed by atoms with Crippen molar-refractivity contribution in [3.8, 4) is 0 Å². The molecule has 0 heterocycles. The van der Waals surface area contributed by atoms with Gasteiger partial charge in [-0.15, -0.1) is 0 Å². The van der Waals surface area contributed by atoms with Gasteiger partial charge in [-0.05, 0) is 36.5 Å². The van der Waals surface area contributed by atoms with E-state index in [9.17, 15) is 4.79 Å². The monoisotopic (exact) mass is 184 g/mol. The summed E-state index contributed by atoms with van der Waals surface area (Å²) in [7, 11) is 0. The van der Waals surface area contributed by atoms with Crippen molar-refractivity contribution >= 4 is 5.97 Å². The molecule has 2 nitrogen and oxygen atoms in total. The van der Waals surface area contributed by atoms with E-state index in [4.69, 9.17) is 5.11 Å². The van der Waals surface area contributed by atoms with E-state index in [0.29, 0.717) is 12.3 Å². The van der Waals surface area contributed by atoms with Crippen LogP contribution in [0.3, 0.4) is 0 Å². The number of rotatable bonds is 5. The molecule has 0 aromatic carbocycles. The van der Waals surface area contributed by atoms with Crippen molar-refractivity contribution in [1.82, 2.24) is 0 Å². The number of carboxylic acids is 1. The molecular weight excluding hydrogens is 164 g/mol. The lowest BCUT2D eigenvalue weighted by Gasteiger charge is -2.26. The van der Waals surface area contributed by atoms with Crippen molar-refractivity contribution in [1.29, 1.82) is 0 Å². The Hall–Kier alpha value is -0.530. The molecule has 76 valence electrons. The van der Waals surface area contributed by atoms with Gasteiger partial charge < -0.3 is 5.11 Å². The van der Waals surface area contributed by atoms with E-state index in [0.717, 1.165) is 12.3 Å². The number of hydrogen-bond donors (Lipinski definition) is 1. The van der Waals surface area contributed by atoms with Crippen LogP contribution < -0.4 is 0 Å². The average Bonchev–Trinajstić information content (AvgIpc) is 2.60. The molecule has 2 heteroatoms. The van der Waals surface area contributed by atoms with Crippen molar-refractivity contribution in [3.63, 3.8) is 0 Å². The Morgan fingerprint density at radius 3 is 2.46 bits per heavy atom. The summed E-state index contributed by atoms with van der Waals surface area (Å²) in [4.78, 5) is 10.6. The molecule has 0 saturated heterocycles. The molecule has 1 rings (SSSR count). The third-order valence-electron chi connectivity index (χ3n) is 2.93. The van der Waals surface area contributed by atoms with Crippen LogP contribution in [0.25, 0.3) is 0 Å². The molecule has 1 unspecified atom stereocenters. The first-order chi connectivity index (χ1) is 5.91. The van der Waals surface area contributed by atoms with Crippen LogP contribution in [-0.2, 0) is 4.79 Å². The molecule has 13 heavy (non-hydrogen) atoms. The van der Waals surface area contributed by atoms with Crippen molar-refractivity contribution in [2.45, 2.75) is 46.5 Å². The highest BCUT2D eigenvalue weighted by Gasteiger charge is 2.33. The Balaban J connectivity index is 2.35. The molecule has 1 atom stereocenters. The van der Waals surface area contributed by atoms with Crippen LogP contribution in [-0.4, -0.2) is 11.1 Å². The smallest absolute Gasteiger partial charge is 0.303 e. The highest BCUT2D eigenvalue weighted by Crippen LogP contribution is 2.42.